The van der Waals surface area contributed by atoms with Gasteiger partial charge in [0.25, 0.3) is 4.06 Å². The standard InChI is InChI=1S/C10H8O2S2/c1-12-8-4-2-7(3-5-8)9-6-13-10(11)14-9/h2-6H,1H3. The van der Waals surface area contributed by atoms with Gasteiger partial charge in [-0.3, -0.25) is 4.79 Å². The highest BCUT2D eigenvalue weighted by atomic mass is 32.2. The summed E-state index contributed by atoms with van der Waals surface area (Å²) in [6.45, 7) is 0. The molecule has 2 rings (SSSR count). The van der Waals surface area contributed by atoms with E-state index >= 15 is 0 Å². The Morgan fingerprint density at radius 1 is 1.21 bits per heavy atom. The van der Waals surface area contributed by atoms with Crippen LogP contribution in [0.3, 0.4) is 0 Å². The fourth-order valence-electron chi connectivity index (χ4n) is 1.12. The quantitative estimate of drug-likeness (QED) is 0.784. The van der Waals surface area contributed by atoms with E-state index in [1.807, 2.05) is 29.6 Å². The van der Waals surface area contributed by atoms with Crippen LogP contribution < -0.4 is 8.79 Å². The van der Waals surface area contributed by atoms with Crippen molar-refractivity contribution in [1.29, 1.82) is 0 Å². The summed E-state index contributed by atoms with van der Waals surface area (Å²) in [5.41, 5.74) is 1.06. The Morgan fingerprint density at radius 3 is 2.43 bits per heavy atom. The van der Waals surface area contributed by atoms with Gasteiger partial charge in [-0.2, -0.15) is 0 Å². The van der Waals surface area contributed by atoms with Crippen LogP contribution in [0.25, 0.3) is 10.4 Å². The molecule has 0 saturated heterocycles. The Balaban J connectivity index is 2.38. The number of hydrogen-bond acceptors (Lipinski definition) is 4. The molecule has 1 aromatic heterocycles. The van der Waals surface area contributed by atoms with Gasteiger partial charge in [0, 0.05) is 10.3 Å². The van der Waals surface area contributed by atoms with Crippen LogP contribution in [0, 0.1) is 0 Å². The summed E-state index contributed by atoms with van der Waals surface area (Å²) in [7, 11) is 1.64. The third-order valence-corrected chi connectivity index (χ3v) is 3.80. The van der Waals surface area contributed by atoms with Crippen molar-refractivity contribution in [2.24, 2.45) is 0 Å². The lowest BCUT2D eigenvalue weighted by Gasteiger charge is -1.99. The van der Waals surface area contributed by atoms with Crippen LogP contribution in [0.15, 0.2) is 34.4 Å². The molecular formula is C10H8O2S2. The Hall–Kier alpha value is -1.13. The van der Waals surface area contributed by atoms with Crippen molar-refractivity contribution in [1.82, 2.24) is 0 Å². The Morgan fingerprint density at radius 2 is 1.93 bits per heavy atom. The summed E-state index contributed by atoms with van der Waals surface area (Å²) >= 11 is 2.52. The van der Waals surface area contributed by atoms with E-state index in [9.17, 15) is 4.79 Å². The number of ether oxygens (including phenoxy) is 1. The third-order valence-electron chi connectivity index (χ3n) is 1.83. The average Bonchev–Trinajstić information content (AvgIpc) is 2.65. The largest absolute Gasteiger partial charge is 0.497 e. The van der Waals surface area contributed by atoms with Crippen molar-refractivity contribution in [3.8, 4) is 16.2 Å². The molecule has 0 bridgehead atoms. The maximum Gasteiger partial charge on any atom is 0.287 e. The molecule has 0 spiro atoms. The Kier molecular flexibility index (Phi) is 2.65. The molecule has 0 fully saturated rings. The van der Waals surface area contributed by atoms with Crippen LogP contribution >= 0.6 is 22.7 Å². The predicted molar refractivity (Wildman–Crippen MR) is 60.5 cm³/mol. The lowest BCUT2D eigenvalue weighted by molar-refractivity contribution is 0.415. The molecule has 0 aliphatic carbocycles. The maximum absolute atomic E-state index is 11.0. The summed E-state index contributed by atoms with van der Waals surface area (Å²) in [6, 6.07) is 7.70. The third kappa shape index (κ3) is 1.86. The molecule has 0 aliphatic heterocycles. The highest BCUT2D eigenvalue weighted by molar-refractivity contribution is 7.28. The number of hydrogen-bond donors (Lipinski definition) is 0. The molecule has 72 valence electrons. The topological polar surface area (TPSA) is 26.3 Å². The van der Waals surface area contributed by atoms with E-state index < -0.39 is 0 Å². The smallest absolute Gasteiger partial charge is 0.287 e. The number of benzene rings is 1. The second-order valence-corrected chi connectivity index (χ2v) is 4.80. The maximum atomic E-state index is 11.0. The molecule has 2 aromatic rings. The van der Waals surface area contributed by atoms with Crippen LogP contribution in [-0.4, -0.2) is 7.11 Å². The summed E-state index contributed by atoms with van der Waals surface area (Å²) in [4.78, 5) is 12.0. The molecular weight excluding hydrogens is 216 g/mol. The first kappa shape index (κ1) is 9.43. The van der Waals surface area contributed by atoms with Crippen molar-refractivity contribution in [3.05, 3.63) is 38.5 Å². The summed E-state index contributed by atoms with van der Waals surface area (Å²) in [6.07, 6.45) is 0. The number of methoxy groups -OCH3 is 1. The van der Waals surface area contributed by atoms with Gasteiger partial charge in [0.05, 0.1) is 7.11 Å². The van der Waals surface area contributed by atoms with Gasteiger partial charge in [-0.05, 0) is 29.8 Å². The average molecular weight is 224 g/mol. The second-order valence-electron chi connectivity index (χ2n) is 2.68. The molecule has 0 radical (unpaired) electrons. The zero-order valence-corrected chi connectivity index (χ0v) is 9.15. The summed E-state index contributed by atoms with van der Waals surface area (Å²) in [5, 5.41) is 1.88. The van der Waals surface area contributed by atoms with Crippen molar-refractivity contribution in [2.45, 2.75) is 0 Å². The molecule has 0 saturated carbocycles. The van der Waals surface area contributed by atoms with Crippen LogP contribution in [0.1, 0.15) is 0 Å². The lowest BCUT2D eigenvalue weighted by Crippen LogP contribution is -1.81. The van der Waals surface area contributed by atoms with Crippen LogP contribution in [0.2, 0.25) is 0 Å². The van der Waals surface area contributed by atoms with E-state index in [0.29, 0.717) is 0 Å². The van der Waals surface area contributed by atoms with E-state index in [2.05, 4.69) is 0 Å². The van der Waals surface area contributed by atoms with E-state index in [4.69, 9.17) is 4.74 Å². The zero-order valence-electron chi connectivity index (χ0n) is 7.52. The molecule has 0 N–H and O–H groups in total. The normalized spacial score (nSPS) is 10.1. The van der Waals surface area contributed by atoms with Crippen LogP contribution in [0.5, 0.6) is 5.75 Å². The van der Waals surface area contributed by atoms with E-state index in [0.717, 1.165) is 16.2 Å². The van der Waals surface area contributed by atoms with Gasteiger partial charge < -0.3 is 4.74 Å². The van der Waals surface area contributed by atoms with E-state index in [-0.39, 0.29) is 4.06 Å². The van der Waals surface area contributed by atoms with E-state index in [1.54, 1.807) is 7.11 Å². The summed E-state index contributed by atoms with van der Waals surface area (Å²) in [5.74, 6) is 0.830. The first-order chi connectivity index (χ1) is 6.79. The molecule has 0 amide bonds. The highest BCUT2D eigenvalue weighted by Gasteiger charge is 2.01. The molecule has 0 aliphatic rings. The van der Waals surface area contributed by atoms with Crippen molar-refractivity contribution in [2.75, 3.05) is 7.11 Å². The predicted octanol–water partition coefficient (Wildman–Crippen LogP) is 2.85. The van der Waals surface area contributed by atoms with E-state index in [1.165, 1.54) is 22.7 Å². The van der Waals surface area contributed by atoms with Crippen molar-refractivity contribution >= 4 is 22.7 Å². The fraction of sp³-hybridized carbons (Fsp3) is 0.100. The zero-order chi connectivity index (χ0) is 9.97. The van der Waals surface area contributed by atoms with Gasteiger partial charge in [0.15, 0.2) is 0 Å². The Bertz CT molecular complexity index is 467. The van der Waals surface area contributed by atoms with Crippen LogP contribution in [0.4, 0.5) is 0 Å². The van der Waals surface area contributed by atoms with Crippen molar-refractivity contribution in [3.63, 3.8) is 0 Å². The van der Waals surface area contributed by atoms with Crippen LogP contribution in [-0.2, 0) is 0 Å². The van der Waals surface area contributed by atoms with Gasteiger partial charge >= 0.3 is 0 Å². The first-order valence-corrected chi connectivity index (χ1v) is 5.72. The monoisotopic (exact) mass is 224 g/mol. The highest BCUT2D eigenvalue weighted by Crippen LogP contribution is 2.25. The van der Waals surface area contributed by atoms with Crippen molar-refractivity contribution < 1.29 is 4.74 Å². The lowest BCUT2D eigenvalue weighted by atomic mass is 10.2. The molecule has 0 unspecified atom stereocenters. The SMILES string of the molecule is COc1ccc(-c2csc(=O)s2)cc1. The summed E-state index contributed by atoms with van der Waals surface area (Å²) < 4.78 is 5.19. The molecule has 0 atom stereocenters. The molecule has 4 heteroatoms. The van der Waals surface area contributed by atoms with Gasteiger partial charge in [0.2, 0.25) is 0 Å². The fourth-order valence-corrected chi connectivity index (χ4v) is 2.84. The van der Waals surface area contributed by atoms with Gasteiger partial charge in [-0.25, -0.2) is 0 Å². The minimum atomic E-state index is 0.135. The second kappa shape index (κ2) is 3.94. The minimum Gasteiger partial charge on any atom is -0.497 e. The van der Waals surface area contributed by atoms with Gasteiger partial charge in [0.1, 0.15) is 5.75 Å². The van der Waals surface area contributed by atoms with Gasteiger partial charge in [-0.1, -0.05) is 22.7 Å². The van der Waals surface area contributed by atoms with Gasteiger partial charge in [-0.15, -0.1) is 0 Å². The Labute approximate surface area is 89.4 Å². The molecule has 1 heterocycles. The minimum absolute atomic E-state index is 0.135. The molecule has 14 heavy (non-hydrogen) atoms. The first-order valence-electron chi connectivity index (χ1n) is 4.02. The number of rotatable bonds is 2. The molecule has 2 nitrogen and oxygen atoms in total. The molecule has 1 aromatic carbocycles.